The fraction of sp³-hybridized carbons (Fsp3) is 0.684. The molecule has 1 spiro atoms. The van der Waals surface area contributed by atoms with Crippen molar-refractivity contribution in [2.45, 2.75) is 56.5 Å². The van der Waals surface area contributed by atoms with Gasteiger partial charge in [-0.15, -0.1) is 10.2 Å². The molecule has 3 fully saturated rings. The first-order chi connectivity index (χ1) is 12.9. The molecule has 27 heavy (non-hydrogen) atoms. The summed E-state index contributed by atoms with van der Waals surface area (Å²) < 4.78 is 29.7. The van der Waals surface area contributed by atoms with E-state index in [0.29, 0.717) is 24.4 Å². The topological polar surface area (TPSA) is 46.0 Å². The molecular formula is C19H22ClF2N5. The molecule has 1 unspecified atom stereocenters. The standard InChI is InChI=1S/C19H22ClF2N5/c20-13-1-2-14-11(3-13)7-26(15-6-19(15,21)22)8-16-24-25-17(27(14)16)12-4-18(5-12)9-23-10-18/h3,12,15,23H,1-2,4-10H2. The smallest absolute Gasteiger partial charge is 0.265 e. The van der Waals surface area contributed by atoms with Gasteiger partial charge in [-0.2, -0.15) is 0 Å². The average Bonchev–Trinajstić information content (AvgIpc) is 3.05. The molecule has 144 valence electrons. The molecular weight excluding hydrogens is 372 g/mol. The molecule has 1 aromatic heterocycles. The first-order valence-corrected chi connectivity index (χ1v) is 10.2. The van der Waals surface area contributed by atoms with Gasteiger partial charge in [-0.25, -0.2) is 8.78 Å². The predicted molar refractivity (Wildman–Crippen MR) is 97.4 cm³/mol. The summed E-state index contributed by atoms with van der Waals surface area (Å²) in [5, 5.41) is 13.2. The lowest BCUT2D eigenvalue weighted by atomic mass is 9.58. The summed E-state index contributed by atoms with van der Waals surface area (Å²) in [5.41, 5.74) is 2.67. The molecule has 5 nitrogen and oxygen atoms in total. The molecule has 6 rings (SSSR count). The molecule has 2 saturated carbocycles. The van der Waals surface area contributed by atoms with Crippen LogP contribution in [0.5, 0.6) is 0 Å². The van der Waals surface area contributed by atoms with Gasteiger partial charge in [0.2, 0.25) is 0 Å². The van der Waals surface area contributed by atoms with Crippen molar-refractivity contribution in [1.29, 1.82) is 0 Å². The zero-order valence-corrected chi connectivity index (χ0v) is 15.8. The summed E-state index contributed by atoms with van der Waals surface area (Å²) in [4.78, 5) is 1.86. The number of allylic oxidation sites excluding steroid dienone is 2. The van der Waals surface area contributed by atoms with Crippen LogP contribution in [-0.2, 0) is 6.54 Å². The Labute approximate surface area is 161 Å². The lowest BCUT2D eigenvalue weighted by Gasteiger charge is -2.54. The Morgan fingerprint density at radius 2 is 1.89 bits per heavy atom. The second-order valence-electron chi connectivity index (χ2n) is 8.97. The van der Waals surface area contributed by atoms with Crippen LogP contribution in [0.15, 0.2) is 16.7 Å². The predicted octanol–water partition coefficient (Wildman–Crippen LogP) is 3.10. The molecule has 5 aliphatic rings. The minimum Gasteiger partial charge on any atom is -0.316 e. The van der Waals surface area contributed by atoms with Crippen molar-refractivity contribution >= 4 is 17.3 Å². The van der Waals surface area contributed by atoms with Gasteiger partial charge in [0.25, 0.3) is 5.92 Å². The Bertz CT molecular complexity index is 877. The van der Waals surface area contributed by atoms with Crippen molar-refractivity contribution < 1.29 is 8.78 Å². The Kier molecular flexibility index (Phi) is 3.32. The molecule has 0 bridgehead atoms. The number of hydrogen-bond donors (Lipinski definition) is 1. The van der Waals surface area contributed by atoms with Crippen LogP contribution in [0.2, 0.25) is 0 Å². The van der Waals surface area contributed by atoms with Crippen LogP contribution in [0.3, 0.4) is 0 Å². The fourth-order valence-corrected chi connectivity index (χ4v) is 5.56. The van der Waals surface area contributed by atoms with E-state index in [4.69, 9.17) is 11.6 Å². The van der Waals surface area contributed by atoms with E-state index in [0.717, 1.165) is 66.7 Å². The summed E-state index contributed by atoms with van der Waals surface area (Å²) in [6, 6.07) is -0.694. The van der Waals surface area contributed by atoms with Gasteiger partial charge < -0.3 is 5.32 Å². The van der Waals surface area contributed by atoms with Crippen molar-refractivity contribution in [2.24, 2.45) is 5.41 Å². The van der Waals surface area contributed by atoms with E-state index in [1.165, 1.54) is 0 Å². The minimum absolute atomic E-state index is 0.0633. The second-order valence-corrected chi connectivity index (χ2v) is 9.45. The Morgan fingerprint density at radius 1 is 1.11 bits per heavy atom. The molecule has 1 N–H and O–H groups in total. The molecule has 3 heterocycles. The van der Waals surface area contributed by atoms with Crippen molar-refractivity contribution in [3.05, 3.63) is 28.3 Å². The number of rotatable bonds is 2. The summed E-state index contributed by atoms with van der Waals surface area (Å²) in [5.74, 6) is -0.349. The number of halogens is 3. The highest BCUT2D eigenvalue weighted by molar-refractivity contribution is 6.30. The van der Waals surface area contributed by atoms with Crippen molar-refractivity contribution in [3.8, 4) is 0 Å². The van der Waals surface area contributed by atoms with E-state index in [1.54, 1.807) is 0 Å². The lowest BCUT2D eigenvalue weighted by molar-refractivity contribution is 0.0324. The minimum atomic E-state index is -2.58. The normalized spacial score (nSPS) is 31.5. The maximum absolute atomic E-state index is 13.8. The first-order valence-electron chi connectivity index (χ1n) is 9.79. The number of hydrogen-bond acceptors (Lipinski definition) is 4. The summed E-state index contributed by atoms with van der Waals surface area (Å²) in [6.45, 7) is 3.13. The first kappa shape index (κ1) is 16.6. The molecule has 8 heteroatoms. The molecule has 1 atom stereocenters. The Balaban J connectivity index is 1.39. The fourth-order valence-electron chi connectivity index (χ4n) is 5.33. The van der Waals surface area contributed by atoms with Crippen LogP contribution in [-0.4, -0.2) is 51.3 Å². The molecule has 1 aromatic rings. The Morgan fingerprint density at radius 3 is 2.56 bits per heavy atom. The highest BCUT2D eigenvalue weighted by atomic mass is 35.5. The maximum Gasteiger partial charge on any atom is 0.265 e. The second kappa shape index (κ2) is 5.39. The summed E-state index contributed by atoms with van der Waals surface area (Å²) >= 11 is 6.31. The van der Waals surface area contributed by atoms with Crippen molar-refractivity contribution in [3.63, 3.8) is 0 Å². The molecule has 0 aromatic carbocycles. The van der Waals surface area contributed by atoms with E-state index < -0.39 is 12.0 Å². The van der Waals surface area contributed by atoms with E-state index >= 15 is 0 Å². The number of nitrogens with zero attached hydrogens (tertiary/aromatic N) is 4. The highest BCUT2D eigenvalue weighted by Crippen LogP contribution is 2.54. The van der Waals surface area contributed by atoms with Gasteiger partial charge >= 0.3 is 0 Å². The lowest BCUT2D eigenvalue weighted by Crippen LogP contribution is -2.59. The number of alkyl halides is 2. The van der Waals surface area contributed by atoms with E-state index in [9.17, 15) is 8.78 Å². The molecule has 3 aliphatic carbocycles. The molecule has 0 amide bonds. The van der Waals surface area contributed by atoms with E-state index in [2.05, 4.69) is 20.1 Å². The summed E-state index contributed by atoms with van der Waals surface area (Å²) in [7, 11) is 0. The zero-order valence-electron chi connectivity index (χ0n) is 15.0. The van der Waals surface area contributed by atoms with Gasteiger partial charge in [0, 0.05) is 42.7 Å². The van der Waals surface area contributed by atoms with Gasteiger partial charge in [-0.3, -0.25) is 9.47 Å². The zero-order chi connectivity index (χ0) is 18.4. The SMILES string of the molecule is FC1(F)CC1N1CC2=C(CCC(Cl)=C2)n2c(nnc2C2CC3(CNC3)C2)C1. The average molecular weight is 394 g/mol. The summed E-state index contributed by atoms with van der Waals surface area (Å²) in [6.07, 6.45) is 5.80. The van der Waals surface area contributed by atoms with Crippen LogP contribution in [0.25, 0.3) is 5.70 Å². The van der Waals surface area contributed by atoms with E-state index in [-0.39, 0.29) is 6.42 Å². The number of fused-ring (bicyclic) bond motifs is 2. The number of nitrogens with one attached hydrogen (secondary N) is 1. The highest BCUT2D eigenvalue weighted by Gasteiger charge is 2.60. The van der Waals surface area contributed by atoms with Gasteiger partial charge in [0.05, 0.1) is 12.6 Å². The Hall–Kier alpha value is -1.31. The van der Waals surface area contributed by atoms with Crippen LogP contribution in [0.1, 0.15) is 49.7 Å². The quantitative estimate of drug-likeness (QED) is 0.838. The van der Waals surface area contributed by atoms with Gasteiger partial charge in [-0.1, -0.05) is 11.6 Å². The van der Waals surface area contributed by atoms with Crippen LogP contribution in [0.4, 0.5) is 8.78 Å². The van der Waals surface area contributed by atoms with Crippen molar-refractivity contribution in [2.75, 3.05) is 19.6 Å². The molecule has 1 saturated heterocycles. The van der Waals surface area contributed by atoms with E-state index in [1.807, 2.05) is 11.0 Å². The van der Waals surface area contributed by atoms with Crippen LogP contribution < -0.4 is 5.32 Å². The van der Waals surface area contributed by atoms with Crippen LogP contribution in [0, 0.1) is 5.41 Å². The third-order valence-electron chi connectivity index (χ3n) is 7.00. The third-order valence-corrected chi connectivity index (χ3v) is 7.30. The number of aromatic nitrogens is 3. The maximum atomic E-state index is 13.8. The largest absolute Gasteiger partial charge is 0.316 e. The van der Waals surface area contributed by atoms with Gasteiger partial charge in [-0.05, 0) is 42.7 Å². The van der Waals surface area contributed by atoms with Crippen molar-refractivity contribution in [1.82, 2.24) is 25.0 Å². The molecule has 2 aliphatic heterocycles. The third kappa shape index (κ3) is 2.47. The van der Waals surface area contributed by atoms with Crippen LogP contribution >= 0.6 is 11.6 Å². The van der Waals surface area contributed by atoms with Gasteiger partial charge in [0.1, 0.15) is 5.82 Å². The van der Waals surface area contributed by atoms with Gasteiger partial charge in [0.15, 0.2) is 5.82 Å². The monoisotopic (exact) mass is 393 g/mol. The molecule has 0 radical (unpaired) electrons.